The van der Waals surface area contributed by atoms with Crippen molar-refractivity contribution in [3.63, 3.8) is 0 Å². The molecule has 0 spiro atoms. The molecule has 0 aromatic heterocycles. The molecule has 1 rings (SSSR count). The first-order valence-electron chi connectivity index (χ1n) is 4.54. The summed E-state index contributed by atoms with van der Waals surface area (Å²) in [5.41, 5.74) is -3.34. The number of halogens is 4. The van der Waals surface area contributed by atoms with Crippen LogP contribution in [0.5, 0.6) is 0 Å². The number of nitrogens with one attached hydrogen (secondary N) is 1. The average Bonchev–Trinajstić information content (AvgIpc) is 2.18. The maximum Gasteiger partial charge on any atom is 0.419 e. The number of hydrogen-bond donors (Lipinski definition) is 2. The van der Waals surface area contributed by atoms with Gasteiger partial charge in [0.05, 0.1) is 16.8 Å². The van der Waals surface area contributed by atoms with Gasteiger partial charge in [0, 0.05) is 6.92 Å². The zero-order valence-corrected chi connectivity index (χ0v) is 8.93. The van der Waals surface area contributed by atoms with Crippen LogP contribution in [0.3, 0.4) is 0 Å². The van der Waals surface area contributed by atoms with Crippen molar-refractivity contribution in [2.24, 2.45) is 0 Å². The molecule has 1 aromatic carbocycles. The molecule has 0 fully saturated rings. The van der Waals surface area contributed by atoms with E-state index in [9.17, 15) is 27.2 Å². The number of amides is 1. The molecule has 2 N–H and O–H groups in total. The number of carbonyl (C=O) groups excluding carboxylic acids is 1. The van der Waals surface area contributed by atoms with Crippen LogP contribution < -0.4 is 5.32 Å². The highest BCUT2D eigenvalue weighted by Crippen LogP contribution is 2.35. The third-order valence-electron chi connectivity index (χ3n) is 1.94. The number of rotatable bonds is 2. The van der Waals surface area contributed by atoms with Gasteiger partial charge in [0.25, 0.3) is 0 Å². The van der Waals surface area contributed by atoms with Crippen LogP contribution in [0.25, 0.3) is 0 Å². The van der Waals surface area contributed by atoms with Gasteiger partial charge in [-0.25, -0.2) is 9.18 Å². The van der Waals surface area contributed by atoms with Crippen molar-refractivity contribution in [1.29, 1.82) is 0 Å². The Bertz CT molecular complexity index is 511. The molecule has 0 aliphatic carbocycles. The summed E-state index contributed by atoms with van der Waals surface area (Å²) in [5, 5.41) is 10.4. The van der Waals surface area contributed by atoms with Gasteiger partial charge in [-0.15, -0.1) is 0 Å². The van der Waals surface area contributed by atoms with Crippen molar-refractivity contribution in [3.8, 4) is 0 Å². The number of aromatic carboxylic acids is 1. The molecule has 0 aliphatic rings. The molecule has 4 nitrogen and oxygen atoms in total. The number of carboxylic acids is 1. The molecule has 0 bridgehead atoms. The van der Waals surface area contributed by atoms with Crippen molar-refractivity contribution in [1.82, 2.24) is 0 Å². The highest BCUT2D eigenvalue weighted by Gasteiger charge is 2.36. The minimum Gasteiger partial charge on any atom is -0.478 e. The minimum absolute atomic E-state index is 0.170. The van der Waals surface area contributed by atoms with E-state index in [0.717, 1.165) is 6.92 Å². The Morgan fingerprint density at radius 2 is 1.83 bits per heavy atom. The third-order valence-corrected chi connectivity index (χ3v) is 1.94. The highest BCUT2D eigenvalue weighted by atomic mass is 19.4. The summed E-state index contributed by atoms with van der Waals surface area (Å²) in [7, 11) is 0. The highest BCUT2D eigenvalue weighted by molar-refractivity contribution is 5.93. The van der Waals surface area contributed by atoms with Crippen molar-refractivity contribution < 1.29 is 32.3 Å². The van der Waals surface area contributed by atoms with E-state index in [1.54, 1.807) is 5.32 Å². The van der Waals surface area contributed by atoms with Crippen molar-refractivity contribution in [3.05, 3.63) is 29.1 Å². The molecule has 1 amide bonds. The Hall–Kier alpha value is -2.12. The smallest absolute Gasteiger partial charge is 0.419 e. The molecule has 18 heavy (non-hydrogen) atoms. The van der Waals surface area contributed by atoms with Crippen LogP contribution in [0, 0.1) is 5.82 Å². The lowest BCUT2D eigenvalue weighted by Crippen LogP contribution is -2.15. The van der Waals surface area contributed by atoms with Gasteiger partial charge >= 0.3 is 12.1 Å². The van der Waals surface area contributed by atoms with E-state index in [1.807, 2.05) is 0 Å². The zero-order valence-electron chi connectivity index (χ0n) is 8.93. The molecule has 0 atom stereocenters. The Kier molecular flexibility index (Phi) is 3.59. The largest absolute Gasteiger partial charge is 0.478 e. The van der Waals surface area contributed by atoms with E-state index in [-0.39, 0.29) is 6.07 Å². The van der Waals surface area contributed by atoms with Gasteiger partial charge < -0.3 is 10.4 Å². The fraction of sp³-hybridized carbons (Fsp3) is 0.200. The summed E-state index contributed by atoms with van der Waals surface area (Å²) in [5.74, 6) is -4.20. The first kappa shape index (κ1) is 13.9. The van der Waals surface area contributed by atoms with E-state index in [4.69, 9.17) is 5.11 Å². The summed E-state index contributed by atoms with van der Waals surface area (Å²) in [6, 6.07) is 0.789. The Morgan fingerprint density at radius 3 is 2.22 bits per heavy atom. The topological polar surface area (TPSA) is 66.4 Å². The van der Waals surface area contributed by atoms with Gasteiger partial charge in [-0.05, 0) is 12.1 Å². The first-order chi connectivity index (χ1) is 8.12. The number of carbonyl (C=O) groups is 2. The van der Waals surface area contributed by atoms with Crippen LogP contribution in [-0.4, -0.2) is 17.0 Å². The number of carboxylic acid groups (broad SMARTS) is 1. The lowest BCUT2D eigenvalue weighted by atomic mass is 10.1. The van der Waals surface area contributed by atoms with Crippen molar-refractivity contribution in [2.45, 2.75) is 13.1 Å². The fourth-order valence-corrected chi connectivity index (χ4v) is 1.23. The van der Waals surface area contributed by atoms with Crippen LogP contribution >= 0.6 is 0 Å². The maximum atomic E-state index is 13.4. The number of hydrogen-bond acceptors (Lipinski definition) is 2. The second kappa shape index (κ2) is 4.63. The summed E-state index contributed by atoms with van der Waals surface area (Å²) in [6.07, 6.45) is -5.05. The normalized spacial score (nSPS) is 11.2. The SMILES string of the molecule is CC(=O)Nc1cc(C(=O)O)cc(C(F)(F)F)c1F. The van der Waals surface area contributed by atoms with Crippen LogP contribution in [0.1, 0.15) is 22.8 Å². The minimum atomic E-state index is -5.05. The quantitative estimate of drug-likeness (QED) is 0.807. The van der Waals surface area contributed by atoms with Gasteiger partial charge in [0.1, 0.15) is 0 Å². The van der Waals surface area contributed by atoms with Gasteiger partial charge in [0.2, 0.25) is 5.91 Å². The van der Waals surface area contributed by atoms with Crippen LogP contribution in [0.4, 0.5) is 23.2 Å². The van der Waals surface area contributed by atoms with E-state index in [1.165, 1.54) is 0 Å². The summed E-state index contributed by atoms with van der Waals surface area (Å²) in [4.78, 5) is 21.3. The van der Waals surface area contributed by atoms with Crippen LogP contribution in [0.2, 0.25) is 0 Å². The maximum absolute atomic E-state index is 13.4. The molecule has 0 radical (unpaired) electrons. The first-order valence-corrected chi connectivity index (χ1v) is 4.54. The Morgan fingerprint density at radius 1 is 1.28 bits per heavy atom. The molecule has 0 heterocycles. The lowest BCUT2D eigenvalue weighted by Gasteiger charge is -2.12. The molecule has 1 aromatic rings. The van der Waals surface area contributed by atoms with Crippen molar-refractivity contribution in [2.75, 3.05) is 5.32 Å². The molecule has 0 saturated heterocycles. The second-order valence-electron chi connectivity index (χ2n) is 3.37. The van der Waals surface area contributed by atoms with Crippen molar-refractivity contribution >= 4 is 17.6 Å². The van der Waals surface area contributed by atoms with E-state index < -0.39 is 40.7 Å². The summed E-state index contributed by atoms with van der Waals surface area (Å²) >= 11 is 0. The third kappa shape index (κ3) is 2.96. The van der Waals surface area contributed by atoms with Gasteiger partial charge in [0.15, 0.2) is 5.82 Å². The molecule has 8 heteroatoms. The Balaban J connectivity index is 3.47. The molecule has 0 saturated carbocycles. The molecule has 0 aliphatic heterocycles. The second-order valence-corrected chi connectivity index (χ2v) is 3.37. The average molecular weight is 265 g/mol. The molecular formula is C10H7F4NO3. The van der Waals surface area contributed by atoms with Crippen LogP contribution in [0.15, 0.2) is 12.1 Å². The van der Waals surface area contributed by atoms with Gasteiger partial charge in [-0.1, -0.05) is 0 Å². The zero-order chi connectivity index (χ0) is 14.1. The predicted octanol–water partition coefficient (Wildman–Crippen LogP) is 2.50. The molecular weight excluding hydrogens is 258 g/mol. The van der Waals surface area contributed by atoms with E-state index >= 15 is 0 Å². The number of benzene rings is 1. The predicted molar refractivity (Wildman–Crippen MR) is 52.7 cm³/mol. The van der Waals surface area contributed by atoms with E-state index in [0.29, 0.717) is 6.07 Å². The van der Waals surface area contributed by atoms with Gasteiger partial charge in [-0.3, -0.25) is 4.79 Å². The number of anilines is 1. The number of alkyl halides is 3. The van der Waals surface area contributed by atoms with Gasteiger partial charge in [-0.2, -0.15) is 13.2 Å². The van der Waals surface area contributed by atoms with Crippen LogP contribution in [-0.2, 0) is 11.0 Å². The fourth-order valence-electron chi connectivity index (χ4n) is 1.23. The lowest BCUT2D eigenvalue weighted by molar-refractivity contribution is -0.140. The Labute approximate surface area is 98.2 Å². The van der Waals surface area contributed by atoms with E-state index in [2.05, 4.69) is 0 Å². The monoisotopic (exact) mass is 265 g/mol. The molecule has 0 unspecified atom stereocenters. The summed E-state index contributed by atoms with van der Waals surface area (Å²) < 4.78 is 50.8. The molecule has 98 valence electrons. The summed E-state index contributed by atoms with van der Waals surface area (Å²) in [6.45, 7) is 0.958. The standard InChI is InChI=1S/C10H7F4NO3/c1-4(16)15-7-3-5(9(17)18)2-6(8(7)11)10(12,13)14/h2-3H,1H3,(H,15,16)(H,17,18).